The van der Waals surface area contributed by atoms with Crippen LogP contribution >= 0.6 is 0 Å². The van der Waals surface area contributed by atoms with Gasteiger partial charge in [-0.25, -0.2) is 8.42 Å². The summed E-state index contributed by atoms with van der Waals surface area (Å²) in [5.41, 5.74) is 3.43. The van der Waals surface area contributed by atoms with Crippen molar-refractivity contribution in [3.63, 3.8) is 0 Å². The SMILES string of the molecule is CC(N)C1CCCN(S(=O)(=O)c2ccc([N+](=O)[O-])cc2C(F)(F)F)C1. The maximum Gasteiger partial charge on any atom is 0.417 e. The van der Waals surface area contributed by atoms with Gasteiger partial charge in [-0.2, -0.15) is 17.5 Å². The van der Waals surface area contributed by atoms with E-state index in [4.69, 9.17) is 5.73 Å². The number of halogens is 3. The normalized spacial score (nSPS) is 21.1. The minimum atomic E-state index is -5.04. The van der Waals surface area contributed by atoms with E-state index in [0.717, 1.165) is 10.4 Å². The van der Waals surface area contributed by atoms with Crippen LogP contribution in [0.5, 0.6) is 0 Å². The number of rotatable bonds is 4. The van der Waals surface area contributed by atoms with E-state index in [1.807, 2.05) is 0 Å². The Bertz CT molecular complexity index is 765. The Morgan fingerprint density at radius 1 is 1.40 bits per heavy atom. The summed E-state index contributed by atoms with van der Waals surface area (Å²) in [5, 5.41) is 10.7. The molecule has 7 nitrogen and oxygen atoms in total. The lowest BCUT2D eigenvalue weighted by Gasteiger charge is -2.34. The number of nitrogens with zero attached hydrogens (tertiary/aromatic N) is 2. The molecule has 0 aliphatic carbocycles. The number of nitrogens with two attached hydrogens (primary N) is 1. The zero-order chi connectivity index (χ0) is 19.0. The Kier molecular flexibility index (Phi) is 5.40. The van der Waals surface area contributed by atoms with E-state index >= 15 is 0 Å². The molecule has 0 saturated carbocycles. The van der Waals surface area contributed by atoms with Crippen molar-refractivity contribution in [1.82, 2.24) is 4.31 Å². The van der Waals surface area contributed by atoms with Crippen molar-refractivity contribution < 1.29 is 26.5 Å². The number of nitro groups is 1. The van der Waals surface area contributed by atoms with Gasteiger partial charge in [-0.1, -0.05) is 0 Å². The van der Waals surface area contributed by atoms with Gasteiger partial charge in [-0.3, -0.25) is 10.1 Å². The Balaban J connectivity index is 2.50. The highest BCUT2D eigenvalue weighted by Crippen LogP contribution is 2.38. The van der Waals surface area contributed by atoms with Crippen molar-refractivity contribution in [2.75, 3.05) is 13.1 Å². The van der Waals surface area contributed by atoms with Crippen molar-refractivity contribution in [3.8, 4) is 0 Å². The van der Waals surface area contributed by atoms with Crippen LogP contribution in [0.1, 0.15) is 25.3 Å². The van der Waals surface area contributed by atoms with E-state index in [2.05, 4.69) is 0 Å². The Hall–Kier alpha value is -1.72. The molecule has 0 radical (unpaired) electrons. The minimum absolute atomic E-state index is 0.0221. The van der Waals surface area contributed by atoms with Gasteiger partial charge < -0.3 is 5.73 Å². The van der Waals surface area contributed by atoms with Gasteiger partial charge in [-0.05, 0) is 31.7 Å². The van der Waals surface area contributed by atoms with Gasteiger partial charge in [-0.15, -0.1) is 0 Å². The molecule has 1 aromatic carbocycles. The molecular weight excluding hydrogens is 363 g/mol. The molecule has 1 heterocycles. The van der Waals surface area contributed by atoms with Crippen LogP contribution in [0.2, 0.25) is 0 Å². The van der Waals surface area contributed by atoms with Crippen molar-refractivity contribution >= 4 is 15.7 Å². The van der Waals surface area contributed by atoms with Crippen LogP contribution in [0.4, 0.5) is 18.9 Å². The number of non-ortho nitro benzene ring substituents is 1. The van der Waals surface area contributed by atoms with Crippen LogP contribution in [0.3, 0.4) is 0 Å². The molecule has 1 aliphatic rings. The van der Waals surface area contributed by atoms with E-state index in [1.54, 1.807) is 6.92 Å². The number of benzene rings is 1. The second kappa shape index (κ2) is 6.89. The zero-order valence-electron chi connectivity index (χ0n) is 13.4. The van der Waals surface area contributed by atoms with Crippen molar-refractivity contribution in [3.05, 3.63) is 33.9 Å². The molecule has 0 bridgehead atoms. The van der Waals surface area contributed by atoms with Crippen LogP contribution in [0, 0.1) is 16.0 Å². The predicted octanol–water partition coefficient (Wildman–Crippen LogP) is 2.36. The highest BCUT2D eigenvalue weighted by molar-refractivity contribution is 7.89. The zero-order valence-corrected chi connectivity index (χ0v) is 14.2. The smallest absolute Gasteiger partial charge is 0.328 e. The first-order valence-corrected chi connectivity index (χ1v) is 9.00. The Morgan fingerprint density at radius 2 is 2.04 bits per heavy atom. The highest BCUT2D eigenvalue weighted by Gasteiger charge is 2.41. The van der Waals surface area contributed by atoms with Gasteiger partial charge in [0, 0.05) is 31.3 Å². The average molecular weight is 381 g/mol. The molecular formula is C14H18F3N3O4S. The third kappa shape index (κ3) is 4.10. The fourth-order valence-corrected chi connectivity index (χ4v) is 4.57. The van der Waals surface area contributed by atoms with E-state index in [-0.39, 0.29) is 31.1 Å². The van der Waals surface area contributed by atoms with Crippen LogP contribution in [0.15, 0.2) is 23.1 Å². The predicted molar refractivity (Wildman–Crippen MR) is 83.2 cm³/mol. The molecule has 1 aromatic rings. The van der Waals surface area contributed by atoms with Crippen LogP contribution < -0.4 is 5.73 Å². The van der Waals surface area contributed by atoms with E-state index in [1.165, 1.54) is 0 Å². The third-order valence-corrected chi connectivity index (χ3v) is 6.18. The van der Waals surface area contributed by atoms with Gasteiger partial charge in [0.2, 0.25) is 10.0 Å². The average Bonchev–Trinajstić information content (AvgIpc) is 2.53. The van der Waals surface area contributed by atoms with E-state index < -0.39 is 37.3 Å². The molecule has 0 spiro atoms. The topological polar surface area (TPSA) is 107 Å². The number of hydrogen-bond acceptors (Lipinski definition) is 5. The lowest BCUT2D eigenvalue weighted by atomic mass is 9.93. The third-order valence-electron chi connectivity index (χ3n) is 4.26. The van der Waals surface area contributed by atoms with Crippen molar-refractivity contribution in [1.29, 1.82) is 0 Å². The molecule has 2 atom stereocenters. The molecule has 25 heavy (non-hydrogen) atoms. The molecule has 1 fully saturated rings. The second-order valence-corrected chi connectivity index (χ2v) is 7.97. The first-order chi connectivity index (χ1) is 11.4. The summed E-state index contributed by atoms with van der Waals surface area (Å²) in [4.78, 5) is 8.75. The summed E-state index contributed by atoms with van der Waals surface area (Å²) < 4.78 is 66.2. The molecule has 0 aromatic heterocycles. The van der Waals surface area contributed by atoms with Gasteiger partial charge >= 0.3 is 6.18 Å². The second-order valence-electron chi connectivity index (χ2n) is 6.06. The standard InChI is InChI=1S/C14H18F3N3O4S/c1-9(18)10-3-2-6-19(8-10)25(23,24)13-5-4-11(20(21)22)7-12(13)14(15,16)17/h4-5,7,9-10H,2-3,6,8,18H2,1H3. The maximum absolute atomic E-state index is 13.3. The highest BCUT2D eigenvalue weighted by atomic mass is 32.2. The number of nitro benzene ring substituents is 1. The molecule has 1 saturated heterocycles. The summed E-state index contributed by atoms with van der Waals surface area (Å²) >= 11 is 0. The first kappa shape index (κ1) is 19.6. The molecule has 2 N–H and O–H groups in total. The molecule has 140 valence electrons. The fourth-order valence-electron chi connectivity index (χ4n) is 2.84. The number of piperidine rings is 1. The molecule has 2 rings (SSSR count). The number of alkyl halides is 3. The molecule has 1 aliphatic heterocycles. The number of hydrogen-bond donors (Lipinski definition) is 1. The summed E-state index contributed by atoms with van der Waals surface area (Å²) in [6, 6.07) is 1.36. The monoisotopic (exact) mass is 381 g/mol. The van der Waals surface area contributed by atoms with Crippen molar-refractivity contribution in [2.45, 2.75) is 36.9 Å². The lowest BCUT2D eigenvalue weighted by Crippen LogP contribution is -2.45. The van der Waals surface area contributed by atoms with E-state index in [9.17, 15) is 31.7 Å². The molecule has 0 amide bonds. The molecule has 11 heteroatoms. The van der Waals surface area contributed by atoms with Gasteiger partial charge in [0.25, 0.3) is 5.69 Å². The fraction of sp³-hybridized carbons (Fsp3) is 0.571. The molecule has 2 unspecified atom stereocenters. The maximum atomic E-state index is 13.3. The van der Waals surface area contributed by atoms with Crippen LogP contribution in [0.25, 0.3) is 0 Å². The van der Waals surface area contributed by atoms with E-state index in [0.29, 0.717) is 18.9 Å². The van der Waals surface area contributed by atoms with Crippen molar-refractivity contribution in [2.24, 2.45) is 11.7 Å². The summed E-state index contributed by atoms with van der Waals surface area (Å²) in [5.74, 6) is -0.157. The van der Waals surface area contributed by atoms with Gasteiger partial charge in [0.1, 0.15) is 0 Å². The summed E-state index contributed by atoms with van der Waals surface area (Å²) in [7, 11) is -4.45. The summed E-state index contributed by atoms with van der Waals surface area (Å²) in [6.45, 7) is 1.82. The first-order valence-electron chi connectivity index (χ1n) is 7.56. The largest absolute Gasteiger partial charge is 0.417 e. The minimum Gasteiger partial charge on any atom is -0.328 e. The quantitative estimate of drug-likeness (QED) is 0.636. The van der Waals surface area contributed by atoms with Gasteiger partial charge in [0.15, 0.2) is 0 Å². The summed E-state index contributed by atoms with van der Waals surface area (Å²) in [6.07, 6.45) is -3.86. The lowest BCUT2D eigenvalue weighted by molar-refractivity contribution is -0.385. The Labute approximate surface area is 142 Å². The Morgan fingerprint density at radius 3 is 2.56 bits per heavy atom. The van der Waals surface area contributed by atoms with Gasteiger partial charge in [0.05, 0.1) is 15.4 Å². The van der Waals surface area contributed by atoms with Crippen LogP contribution in [-0.2, 0) is 16.2 Å². The van der Waals surface area contributed by atoms with Crippen LogP contribution in [-0.4, -0.2) is 36.8 Å². The number of sulfonamides is 1.